The highest BCUT2D eigenvalue weighted by Crippen LogP contribution is 2.41. The van der Waals surface area contributed by atoms with Crippen molar-refractivity contribution in [1.29, 1.82) is 0 Å². The minimum absolute atomic E-state index is 0.113. The number of hydrogen-bond donors (Lipinski definition) is 3. The van der Waals surface area contributed by atoms with E-state index in [-0.39, 0.29) is 30.0 Å². The Balaban J connectivity index is 1.41. The lowest BCUT2D eigenvalue weighted by atomic mass is 10.0. The number of carboxylic acids is 1. The number of aromatic nitrogens is 1. The standard InChI is InChI=1S/C30H28N4O4S/c1-18-6-5-7-21(16-18)32-26(35)13-15-34-28(27(33-30(34)39)23-8-3-4-14-31-23)25-12-11-24(38-25)22-10-9-20(29(36)37)17-19(22)2/h3-12,14,16-17,27-28H,13,15H2,1-2H3,(H,32,35)(H,33,39)(H,36,37)/t27-,28-/m0/s1. The number of carbonyl (C=O) groups is 2. The van der Waals surface area contributed by atoms with Gasteiger partial charge in [0.25, 0.3) is 0 Å². The zero-order valence-electron chi connectivity index (χ0n) is 21.5. The third kappa shape index (κ3) is 5.68. The van der Waals surface area contributed by atoms with Crippen LogP contribution in [0.2, 0.25) is 0 Å². The van der Waals surface area contributed by atoms with Crippen molar-refractivity contribution in [2.45, 2.75) is 32.4 Å². The molecule has 0 saturated carbocycles. The molecule has 0 unspecified atom stereocenters. The molecule has 2 aromatic carbocycles. The van der Waals surface area contributed by atoms with Gasteiger partial charge < -0.3 is 25.1 Å². The van der Waals surface area contributed by atoms with Gasteiger partial charge in [-0.2, -0.15) is 0 Å². The fourth-order valence-electron chi connectivity index (χ4n) is 4.85. The molecule has 1 saturated heterocycles. The van der Waals surface area contributed by atoms with Gasteiger partial charge in [0, 0.05) is 30.4 Å². The number of nitrogens with zero attached hydrogens (tertiary/aromatic N) is 2. The molecule has 9 heteroatoms. The number of nitrogens with one attached hydrogen (secondary N) is 2. The van der Waals surface area contributed by atoms with Gasteiger partial charge in [-0.25, -0.2) is 4.79 Å². The number of thiocarbonyl (C=S) groups is 1. The molecule has 198 valence electrons. The molecule has 8 nitrogen and oxygen atoms in total. The Bertz CT molecular complexity index is 1530. The average Bonchev–Trinajstić information content (AvgIpc) is 3.52. The summed E-state index contributed by atoms with van der Waals surface area (Å²) in [5.41, 5.74) is 4.44. The lowest BCUT2D eigenvalue weighted by Gasteiger charge is -2.26. The van der Waals surface area contributed by atoms with Crippen molar-refractivity contribution in [3.63, 3.8) is 0 Å². The van der Waals surface area contributed by atoms with Gasteiger partial charge in [-0.15, -0.1) is 0 Å². The molecule has 0 aliphatic carbocycles. The monoisotopic (exact) mass is 540 g/mol. The summed E-state index contributed by atoms with van der Waals surface area (Å²) in [6.45, 7) is 4.21. The molecule has 1 aliphatic heterocycles. The van der Waals surface area contributed by atoms with Crippen molar-refractivity contribution in [1.82, 2.24) is 15.2 Å². The second kappa shape index (κ2) is 11.1. The first kappa shape index (κ1) is 26.1. The third-order valence-corrected chi connectivity index (χ3v) is 7.09. The number of hydrogen-bond acceptors (Lipinski definition) is 5. The van der Waals surface area contributed by atoms with E-state index < -0.39 is 5.97 Å². The summed E-state index contributed by atoms with van der Waals surface area (Å²) >= 11 is 5.71. The van der Waals surface area contributed by atoms with Crippen molar-refractivity contribution in [3.8, 4) is 11.3 Å². The number of aromatic carboxylic acids is 1. The normalized spacial score (nSPS) is 16.7. The molecular formula is C30H28N4O4S. The van der Waals surface area contributed by atoms with Crippen LogP contribution in [-0.2, 0) is 4.79 Å². The van der Waals surface area contributed by atoms with E-state index in [9.17, 15) is 14.7 Å². The first-order valence-electron chi connectivity index (χ1n) is 12.6. The summed E-state index contributed by atoms with van der Waals surface area (Å²) in [6.07, 6.45) is 1.96. The van der Waals surface area contributed by atoms with Gasteiger partial charge in [0.15, 0.2) is 5.11 Å². The van der Waals surface area contributed by atoms with Crippen LogP contribution >= 0.6 is 12.2 Å². The molecular weight excluding hydrogens is 512 g/mol. The number of rotatable bonds is 8. The van der Waals surface area contributed by atoms with Crippen molar-refractivity contribution in [2.75, 3.05) is 11.9 Å². The summed E-state index contributed by atoms with van der Waals surface area (Å²) in [5.74, 6) is 0.191. The van der Waals surface area contributed by atoms with Gasteiger partial charge in [0.1, 0.15) is 17.6 Å². The maximum Gasteiger partial charge on any atom is 0.335 e. The maximum atomic E-state index is 12.8. The highest BCUT2D eigenvalue weighted by molar-refractivity contribution is 7.80. The molecule has 1 amide bonds. The molecule has 2 atom stereocenters. The molecule has 5 rings (SSSR count). The maximum absolute atomic E-state index is 12.8. The lowest BCUT2D eigenvalue weighted by Crippen LogP contribution is -2.32. The largest absolute Gasteiger partial charge is 0.478 e. The fourth-order valence-corrected chi connectivity index (χ4v) is 5.19. The van der Waals surface area contributed by atoms with E-state index in [0.29, 0.717) is 23.2 Å². The Labute approximate surface area is 231 Å². The summed E-state index contributed by atoms with van der Waals surface area (Å²) in [5, 5.41) is 16.1. The van der Waals surface area contributed by atoms with E-state index in [1.165, 1.54) is 0 Å². The molecule has 0 spiro atoms. The minimum Gasteiger partial charge on any atom is -0.478 e. The Hall–Kier alpha value is -4.50. The zero-order chi connectivity index (χ0) is 27.5. The van der Waals surface area contributed by atoms with Crippen LogP contribution in [0.5, 0.6) is 0 Å². The Morgan fingerprint density at radius 1 is 1.08 bits per heavy atom. The average molecular weight is 541 g/mol. The highest BCUT2D eigenvalue weighted by atomic mass is 32.1. The first-order valence-corrected chi connectivity index (χ1v) is 13.0. The number of pyridine rings is 1. The molecule has 3 N–H and O–H groups in total. The fraction of sp³-hybridized carbons (Fsp3) is 0.200. The molecule has 0 radical (unpaired) electrons. The first-order chi connectivity index (χ1) is 18.8. The Morgan fingerprint density at radius 2 is 1.92 bits per heavy atom. The smallest absolute Gasteiger partial charge is 0.335 e. The predicted molar refractivity (Wildman–Crippen MR) is 152 cm³/mol. The van der Waals surface area contributed by atoms with Crippen molar-refractivity contribution >= 4 is 34.9 Å². The van der Waals surface area contributed by atoms with E-state index in [1.54, 1.807) is 24.4 Å². The van der Waals surface area contributed by atoms with Gasteiger partial charge >= 0.3 is 5.97 Å². The second-order valence-electron chi connectivity index (χ2n) is 9.52. The quantitative estimate of drug-likeness (QED) is 0.246. The summed E-state index contributed by atoms with van der Waals surface area (Å²) in [4.78, 5) is 30.7. The van der Waals surface area contributed by atoms with E-state index in [2.05, 4.69) is 15.6 Å². The van der Waals surface area contributed by atoms with Gasteiger partial charge in [0.2, 0.25) is 5.91 Å². The third-order valence-electron chi connectivity index (χ3n) is 6.74. The van der Waals surface area contributed by atoms with Crippen LogP contribution in [0.4, 0.5) is 5.69 Å². The van der Waals surface area contributed by atoms with Crippen molar-refractivity contribution < 1.29 is 19.1 Å². The number of benzene rings is 2. The second-order valence-corrected chi connectivity index (χ2v) is 9.91. The van der Waals surface area contributed by atoms with Gasteiger partial charge in [0.05, 0.1) is 17.3 Å². The van der Waals surface area contributed by atoms with Crippen LogP contribution in [0.25, 0.3) is 11.3 Å². The number of aryl methyl sites for hydroxylation is 2. The topological polar surface area (TPSA) is 108 Å². The van der Waals surface area contributed by atoms with Crippen LogP contribution in [0.1, 0.15) is 51.4 Å². The van der Waals surface area contributed by atoms with E-state index in [1.807, 2.05) is 73.3 Å². The van der Waals surface area contributed by atoms with Crippen LogP contribution in [0.15, 0.2) is 83.4 Å². The van der Waals surface area contributed by atoms with E-state index in [4.69, 9.17) is 16.6 Å². The molecule has 0 bridgehead atoms. The van der Waals surface area contributed by atoms with Crippen LogP contribution < -0.4 is 10.6 Å². The number of amides is 1. The highest BCUT2D eigenvalue weighted by Gasteiger charge is 2.41. The Morgan fingerprint density at radius 3 is 2.64 bits per heavy atom. The summed E-state index contributed by atoms with van der Waals surface area (Å²) in [6, 6.07) is 21.5. The van der Waals surface area contributed by atoms with Crippen LogP contribution in [-0.4, -0.2) is 38.5 Å². The molecule has 3 heterocycles. The molecule has 2 aromatic heterocycles. The van der Waals surface area contributed by atoms with Crippen LogP contribution in [0.3, 0.4) is 0 Å². The predicted octanol–water partition coefficient (Wildman–Crippen LogP) is 5.66. The summed E-state index contributed by atoms with van der Waals surface area (Å²) < 4.78 is 6.36. The number of carboxylic acid groups (broad SMARTS) is 1. The SMILES string of the molecule is Cc1cccc(NC(=O)CCN2C(=S)N[C@@H](c3ccccn3)[C@@H]2c2ccc(-c3ccc(C(=O)O)cc3C)o2)c1. The number of carbonyl (C=O) groups excluding carboxylic acids is 1. The summed E-state index contributed by atoms with van der Waals surface area (Å²) in [7, 11) is 0. The van der Waals surface area contributed by atoms with Gasteiger partial charge in [-0.3, -0.25) is 9.78 Å². The molecule has 1 fully saturated rings. The van der Waals surface area contributed by atoms with E-state index in [0.717, 1.165) is 28.1 Å². The lowest BCUT2D eigenvalue weighted by molar-refractivity contribution is -0.116. The zero-order valence-corrected chi connectivity index (χ0v) is 22.4. The Kier molecular flexibility index (Phi) is 7.42. The van der Waals surface area contributed by atoms with Gasteiger partial charge in [-0.05, 0) is 85.7 Å². The molecule has 1 aliphatic rings. The molecule has 4 aromatic rings. The molecule has 39 heavy (non-hydrogen) atoms. The number of anilines is 1. The van der Waals surface area contributed by atoms with E-state index >= 15 is 0 Å². The van der Waals surface area contributed by atoms with Crippen LogP contribution in [0, 0.1) is 13.8 Å². The van der Waals surface area contributed by atoms with Crippen molar-refractivity contribution in [3.05, 3.63) is 107 Å². The van der Waals surface area contributed by atoms with Crippen molar-refractivity contribution in [2.24, 2.45) is 0 Å². The number of furan rings is 1. The van der Waals surface area contributed by atoms with Gasteiger partial charge in [-0.1, -0.05) is 24.3 Å². The minimum atomic E-state index is -0.976.